The average molecular weight is 425 g/mol. The number of nitrogens with zero attached hydrogens (tertiary/aromatic N) is 5. The van der Waals surface area contributed by atoms with Crippen molar-refractivity contribution in [1.82, 2.24) is 4.90 Å². The highest BCUT2D eigenvalue weighted by atomic mass is 16.6. The molecule has 31 heavy (non-hydrogen) atoms. The number of hydrogen-bond acceptors (Lipinski definition) is 8. The van der Waals surface area contributed by atoms with Crippen molar-refractivity contribution in [3.05, 3.63) is 69.5 Å². The van der Waals surface area contributed by atoms with Gasteiger partial charge in [0.25, 0.3) is 11.6 Å². The fourth-order valence-corrected chi connectivity index (χ4v) is 3.88. The van der Waals surface area contributed by atoms with Crippen molar-refractivity contribution in [1.29, 1.82) is 0 Å². The summed E-state index contributed by atoms with van der Waals surface area (Å²) in [6.45, 7) is 5.34. The van der Waals surface area contributed by atoms with Gasteiger partial charge < -0.3 is 9.80 Å². The third kappa shape index (κ3) is 3.66. The molecule has 0 unspecified atom stereocenters. The molecule has 1 saturated heterocycles. The zero-order chi connectivity index (χ0) is 22.3. The highest BCUT2D eigenvalue weighted by Gasteiger charge is 2.35. The number of rotatable bonds is 3. The van der Waals surface area contributed by atoms with Crippen LogP contribution in [0.5, 0.6) is 0 Å². The summed E-state index contributed by atoms with van der Waals surface area (Å²) in [7, 11) is 0. The monoisotopic (exact) mass is 425 g/mol. The van der Waals surface area contributed by atoms with E-state index in [0.29, 0.717) is 37.6 Å². The van der Waals surface area contributed by atoms with E-state index < -0.39 is 4.92 Å². The van der Waals surface area contributed by atoms with Crippen LogP contribution >= 0.6 is 0 Å². The van der Waals surface area contributed by atoms with Gasteiger partial charge in [-0.25, -0.2) is 10.1 Å². The van der Waals surface area contributed by atoms with Crippen molar-refractivity contribution >= 4 is 28.7 Å². The summed E-state index contributed by atoms with van der Waals surface area (Å²) in [6.07, 6.45) is 0. The Bertz CT molecular complexity index is 1060. The fraction of sp³-hybridized carbons (Fsp3) is 0.286. The van der Waals surface area contributed by atoms with Gasteiger partial charge in [-0.05, 0) is 43.7 Å². The molecule has 2 aromatic rings. The molecular weight excluding hydrogens is 402 g/mol. The van der Waals surface area contributed by atoms with Crippen LogP contribution in [0.4, 0.5) is 22.7 Å². The normalized spacial score (nSPS) is 16.5. The molecule has 0 spiro atoms. The Hall–Kier alpha value is -3.63. The van der Waals surface area contributed by atoms with Crippen molar-refractivity contribution in [3.63, 3.8) is 0 Å². The molecule has 1 amide bonds. The summed E-state index contributed by atoms with van der Waals surface area (Å²) < 4.78 is 0. The number of nitro groups is 1. The summed E-state index contributed by atoms with van der Waals surface area (Å²) >= 11 is 0. The van der Waals surface area contributed by atoms with E-state index in [2.05, 4.69) is 0 Å². The van der Waals surface area contributed by atoms with E-state index in [-0.39, 0.29) is 23.0 Å². The number of nitro benzene ring substituents is 1. The van der Waals surface area contributed by atoms with Gasteiger partial charge in [-0.15, -0.1) is 0 Å². The van der Waals surface area contributed by atoms with E-state index in [1.54, 1.807) is 36.1 Å². The fourth-order valence-electron chi connectivity index (χ4n) is 3.88. The molecule has 2 N–H and O–H groups in total. The molecule has 4 rings (SSSR count). The predicted molar refractivity (Wildman–Crippen MR) is 114 cm³/mol. The van der Waals surface area contributed by atoms with E-state index in [1.807, 2.05) is 17.9 Å². The largest absolute Gasteiger partial charge is 0.368 e. The second-order valence-electron chi connectivity index (χ2n) is 7.60. The molecule has 2 heterocycles. The van der Waals surface area contributed by atoms with E-state index >= 15 is 0 Å². The maximum absolute atomic E-state index is 13.2. The lowest BCUT2D eigenvalue weighted by Crippen LogP contribution is -2.51. The van der Waals surface area contributed by atoms with Crippen molar-refractivity contribution in [2.45, 2.75) is 13.8 Å². The summed E-state index contributed by atoms with van der Waals surface area (Å²) in [5.41, 5.74) is 2.73. The lowest BCUT2D eigenvalue weighted by molar-refractivity contribution is -0.384. The van der Waals surface area contributed by atoms with Crippen LogP contribution < -0.4 is 15.0 Å². The highest BCUT2D eigenvalue weighted by molar-refractivity contribution is 6.00. The Kier molecular flexibility index (Phi) is 5.25. The second-order valence-corrected chi connectivity index (χ2v) is 7.60. The third-order valence-electron chi connectivity index (χ3n) is 5.65. The first-order valence-electron chi connectivity index (χ1n) is 9.86. The zero-order valence-corrected chi connectivity index (χ0v) is 17.2. The Morgan fingerprint density at radius 2 is 1.58 bits per heavy atom. The van der Waals surface area contributed by atoms with Gasteiger partial charge in [0.2, 0.25) is 0 Å². The van der Waals surface area contributed by atoms with Gasteiger partial charge in [-0.3, -0.25) is 25.3 Å². The average Bonchev–Trinajstić information content (AvgIpc) is 2.77. The van der Waals surface area contributed by atoms with Gasteiger partial charge in [0.05, 0.1) is 22.0 Å². The minimum atomic E-state index is -0.439. The number of hydrogen-bond donors (Lipinski definition) is 2. The first kappa shape index (κ1) is 20.6. The molecule has 0 bridgehead atoms. The molecule has 162 valence electrons. The summed E-state index contributed by atoms with van der Waals surface area (Å²) in [5.74, 6) is -0.380. The summed E-state index contributed by atoms with van der Waals surface area (Å²) in [4.78, 5) is 27.3. The van der Waals surface area contributed by atoms with Crippen LogP contribution in [0.25, 0.3) is 0 Å². The smallest absolute Gasteiger partial charge is 0.274 e. The number of fused-ring (bicyclic) bond motifs is 1. The Labute approximate surface area is 178 Å². The Balaban J connectivity index is 1.49. The number of aryl methyl sites for hydroxylation is 1. The van der Waals surface area contributed by atoms with Crippen molar-refractivity contribution in [2.75, 3.05) is 41.2 Å². The predicted octanol–water partition coefficient (Wildman–Crippen LogP) is 2.89. The van der Waals surface area contributed by atoms with Crippen molar-refractivity contribution < 1.29 is 20.1 Å². The van der Waals surface area contributed by atoms with Crippen LogP contribution in [0, 0.1) is 17.0 Å². The minimum absolute atomic E-state index is 0.00406. The van der Waals surface area contributed by atoms with Crippen molar-refractivity contribution in [2.24, 2.45) is 0 Å². The van der Waals surface area contributed by atoms with E-state index in [4.69, 9.17) is 0 Å². The van der Waals surface area contributed by atoms with Gasteiger partial charge in [0.1, 0.15) is 0 Å². The molecule has 2 aromatic carbocycles. The summed E-state index contributed by atoms with van der Waals surface area (Å²) in [6, 6.07) is 11.5. The lowest BCUT2D eigenvalue weighted by atomic mass is 10.1. The van der Waals surface area contributed by atoms with Crippen LogP contribution in [0.3, 0.4) is 0 Å². The maximum Gasteiger partial charge on any atom is 0.274 e. The molecule has 0 aromatic heterocycles. The van der Waals surface area contributed by atoms with E-state index in [0.717, 1.165) is 21.4 Å². The minimum Gasteiger partial charge on any atom is -0.368 e. The molecule has 10 nitrogen and oxygen atoms in total. The second kappa shape index (κ2) is 7.89. The van der Waals surface area contributed by atoms with Gasteiger partial charge in [-0.2, -0.15) is 0 Å². The number of benzene rings is 2. The molecule has 2 aliphatic rings. The zero-order valence-electron chi connectivity index (χ0n) is 17.2. The lowest BCUT2D eigenvalue weighted by Gasteiger charge is -2.39. The van der Waals surface area contributed by atoms with Gasteiger partial charge in [0.15, 0.2) is 5.70 Å². The molecule has 0 radical (unpaired) electrons. The number of carbonyl (C=O) groups excluding carboxylic acids is 1. The molecule has 0 atom stereocenters. The first-order valence-corrected chi connectivity index (χ1v) is 9.86. The standard InChI is InChI=1S/C21H23N5O5/c1-14-3-8-18-19(13-14)25(29)20(15(2)24(18)28)21(27)23-11-9-22(10-12-23)16-4-6-17(7-5-16)26(30)31/h3-8,13,28-29H,9-12H2,1-2H3. The van der Waals surface area contributed by atoms with E-state index in [9.17, 15) is 25.3 Å². The van der Waals surface area contributed by atoms with Gasteiger partial charge in [0, 0.05) is 44.0 Å². The molecular formula is C21H23N5O5. The maximum atomic E-state index is 13.2. The molecule has 10 heteroatoms. The van der Waals surface area contributed by atoms with E-state index in [1.165, 1.54) is 12.1 Å². The topological polar surface area (TPSA) is 114 Å². The number of piperazine rings is 1. The Morgan fingerprint density at radius 3 is 2.19 bits per heavy atom. The first-order chi connectivity index (χ1) is 14.8. The highest BCUT2D eigenvalue weighted by Crippen LogP contribution is 2.38. The van der Waals surface area contributed by atoms with Gasteiger partial charge in [-0.1, -0.05) is 6.07 Å². The number of anilines is 3. The quantitative estimate of drug-likeness (QED) is 0.570. The van der Waals surface area contributed by atoms with Crippen molar-refractivity contribution in [3.8, 4) is 0 Å². The number of amides is 1. The van der Waals surface area contributed by atoms with Crippen LogP contribution in [0.1, 0.15) is 12.5 Å². The summed E-state index contributed by atoms with van der Waals surface area (Å²) in [5, 5.41) is 33.9. The third-order valence-corrected chi connectivity index (χ3v) is 5.65. The number of allylic oxidation sites excluding steroid dienone is 1. The van der Waals surface area contributed by atoms with Crippen LogP contribution in [0.15, 0.2) is 53.9 Å². The molecule has 0 aliphatic carbocycles. The Morgan fingerprint density at radius 1 is 0.935 bits per heavy atom. The van der Waals surface area contributed by atoms with Crippen LogP contribution in [0.2, 0.25) is 0 Å². The number of carbonyl (C=O) groups is 1. The molecule has 0 saturated carbocycles. The number of hydroxylamine groups is 2. The van der Waals surface area contributed by atoms with Crippen LogP contribution in [-0.2, 0) is 4.79 Å². The number of non-ortho nitro benzene ring substituents is 1. The molecule has 2 aliphatic heterocycles. The van der Waals surface area contributed by atoms with Crippen LogP contribution in [-0.4, -0.2) is 52.3 Å². The SMILES string of the molecule is CC1=C(C(=O)N2CCN(c3ccc([N+](=O)[O-])cc3)CC2)N(O)c2cc(C)ccc2N1O. The van der Waals surface area contributed by atoms with Gasteiger partial charge >= 0.3 is 0 Å². The molecule has 1 fully saturated rings.